The van der Waals surface area contributed by atoms with Gasteiger partial charge in [-0.2, -0.15) is 0 Å². The van der Waals surface area contributed by atoms with E-state index in [1.807, 2.05) is 12.1 Å². The molecule has 0 bridgehead atoms. The standard InChI is InChI=1S/C13H8BrN3O2/c14-8-4-3-7-17-11(8)10(13(18)19)16-12(17)9-5-1-2-6-15-9/h1-7H,(H,18,19). The van der Waals surface area contributed by atoms with E-state index in [4.69, 9.17) is 0 Å². The van der Waals surface area contributed by atoms with Crippen molar-refractivity contribution in [3.05, 3.63) is 52.9 Å². The molecular formula is C13H8BrN3O2. The zero-order chi connectivity index (χ0) is 13.4. The minimum absolute atomic E-state index is 0.00753. The van der Waals surface area contributed by atoms with Crippen molar-refractivity contribution in [3.8, 4) is 11.5 Å². The minimum atomic E-state index is -1.06. The Kier molecular flexibility index (Phi) is 2.79. The first-order valence-corrected chi connectivity index (χ1v) is 6.29. The van der Waals surface area contributed by atoms with Gasteiger partial charge in [-0.1, -0.05) is 6.07 Å². The predicted octanol–water partition coefficient (Wildman–Crippen LogP) is 2.86. The molecule has 0 fully saturated rings. The Hall–Kier alpha value is -2.21. The summed E-state index contributed by atoms with van der Waals surface area (Å²) in [4.78, 5) is 19.7. The third-order valence-corrected chi connectivity index (χ3v) is 3.35. The van der Waals surface area contributed by atoms with E-state index in [0.29, 0.717) is 21.5 Å². The molecule has 0 aliphatic rings. The molecule has 3 aromatic rings. The molecule has 94 valence electrons. The minimum Gasteiger partial charge on any atom is -0.476 e. The second kappa shape index (κ2) is 4.47. The zero-order valence-corrected chi connectivity index (χ0v) is 11.2. The van der Waals surface area contributed by atoms with Crippen LogP contribution in [0, 0.1) is 0 Å². The second-order valence-electron chi connectivity index (χ2n) is 3.88. The Bertz CT molecular complexity index is 768. The number of nitrogens with zero attached hydrogens (tertiary/aromatic N) is 3. The molecule has 0 radical (unpaired) electrons. The smallest absolute Gasteiger partial charge is 0.356 e. The molecule has 3 heterocycles. The van der Waals surface area contributed by atoms with Gasteiger partial charge < -0.3 is 5.11 Å². The number of fused-ring (bicyclic) bond motifs is 1. The maximum absolute atomic E-state index is 11.3. The summed E-state index contributed by atoms with van der Waals surface area (Å²) < 4.78 is 2.40. The van der Waals surface area contributed by atoms with Crippen molar-refractivity contribution >= 4 is 27.4 Å². The van der Waals surface area contributed by atoms with Gasteiger partial charge in [-0.15, -0.1) is 0 Å². The number of carboxylic acid groups (broad SMARTS) is 1. The number of hydrogen-bond acceptors (Lipinski definition) is 3. The van der Waals surface area contributed by atoms with Crippen LogP contribution in [0.15, 0.2) is 47.2 Å². The normalized spacial score (nSPS) is 10.8. The quantitative estimate of drug-likeness (QED) is 0.789. The Morgan fingerprint density at radius 2 is 2.11 bits per heavy atom. The molecule has 6 heteroatoms. The van der Waals surface area contributed by atoms with Gasteiger partial charge in [0.2, 0.25) is 0 Å². The topological polar surface area (TPSA) is 67.5 Å². The van der Waals surface area contributed by atoms with Crippen molar-refractivity contribution in [1.82, 2.24) is 14.4 Å². The van der Waals surface area contributed by atoms with Crippen molar-refractivity contribution in [1.29, 1.82) is 0 Å². The number of hydrogen-bond donors (Lipinski definition) is 1. The fraction of sp³-hybridized carbons (Fsp3) is 0. The van der Waals surface area contributed by atoms with Crippen LogP contribution in [0.1, 0.15) is 10.5 Å². The van der Waals surface area contributed by atoms with E-state index in [1.165, 1.54) is 0 Å². The SMILES string of the molecule is O=C(O)c1nc(-c2ccccn2)n2cccc(Br)c12. The molecule has 1 N–H and O–H groups in total. The summed E-state index contributed by atoms with van der Waals surface area (Å²) in [7, 11) is 0. The van der Waals surface area contributed by atoms with Crippen LogP contribution in [0.25, 0.3) is 17.0 Å². The highest BCUT2D eigenvalue weighted by molar-refractivity contribution is 9.10. The van der Waals surface area contributed by atoms with E-state index in [2.05, 4.69) is 25.9 Å². The predicted molar refractivity (Wildman–Crippen MR) is 73.1 cm³/mol. The lowest BCUT2D eigenvalue weighted by molar-refractivity contribution is 0.0693. The number of carbonyl (C=O) groups is 1. The first kappa shape index (κ1) is 11.9. The fourth-order valence-corrected chi connectivity index (χ4v) is 2.45. The summed E-state index contributed by atoms with van der Waals surface area (Å²) in [5.41, 5.74) is 1.16. The summed E-state index contributed by atoms with van der Waals surface area (Å²) in [6.07, 6.45) is 3.42. The van der Waals surface area contributed by atoms with Crippen molar-refractivity contribution in [2.24, 2.45) is 0 Å². The van der Waals surface area contributed by atoms with Gasteiger partial charge in [-0.3, -0.25) is 9.38 Å². The average molecular weight is 318 g/mol. The van der Waals surface area contributed by atoms with Gasteiger partial charge >= 0.3 is 5.97 Å². The molecule has 0 saturated carbocycles. The molecule has 0 aliphatic carbocycles. The van der Waals surface area contributed by atoms with Gasteiger partial charge in [0.25, 0.3) is 0 Å². The van der Waals surface area contributed by atoms with E-state index >= 15 is 0 Å². The van der Waals surface area contributed by atoms with E-state index in [-0.39, 0.29) is 5.69 Å². The molecule has 0 spiro atoms. The lowest BCUT2D eigenvalue weighted by Gasteiger charge is -2.01. The number of aromatic nitrogens is 3. The number of imidazole rings is 1. The monoisotopic (exact) mass is 317 g/mol. The summed E-state index contributed by atoms with van der Waals surface area (Å²) in [5.74, 6) is -0.555. The number of halogens is 1. The van der Waals surface area contributed by atoms with Crippen LogP contribution in [0.2, 0.25) is 0 Å². The van der Waals surface area contributed by atoms with E-state index in [1.54, 1.807) is 35.0 Å². The highest BCUT2D eigenvalue weighted by Gasteiger charge is 2.19. The van der Waals surface area contributed by atoms with Gasteiger partial charge in [-0.25, -0.2) is 9.78 Å². The average Bonchev–Trinajstić information content (AvgIpc) is 2.81. The molecule has 0 aliphatic heterocycles. The van der Waals surface area contributed by atoms with Gasteiger partial charge in [0.1, 0.15) is 5.69 Å². The van der Waals surface area contributed by atoms with Gasteiger partial charge in [0.15, 0.2) is 11.5 Å². The molecule has 5 nitrogen and oxygen atoms in total. The number of rotatable bonds is 2. The van der Waals surface area contributed by atoms with Crippen molar-refractivity contribution in [3.63, 3.8) is 0 Å². The van der Waals surface area contributed by atoms with Crippen LogP contribution in [0.3, 0.4) is 0 Å². The number of aromatic carboxylic acids is 1. The summed E-state index contributed by atoms with van der Waals surface area (Å²) in [6, 6.07) is 9.03. The van der Waals surface area contributed by atoms with Crippen LogP contribution < -0.4 is 0 Å². The molecule has 3 aromatic heterocycles. The molecule has 0 saturated heterocycles. The Morgan fingerprint density at radius 3 is 2.79 bits per heavy atom. The van der Waals surface area contributed by atoms with Crippen LogP contribution in [-0.2, 0) is 0 Å². The molecular weight excluding hydrogens is 310 g/mol. The van der Waals surface area contributed by atoms with Crippen LogP contribution in [0.4, 0.5) is 0 Å². The number of pyridine rings is 2. The second-order valence-corrected chi connectivity index (χ2v) is 4.73. The third kappa shape index (κ3) is 1.90. The zero-order valence-electron chi connectivity index (χ0n) is 9.62. The van der Waals surface area contributed by atoms with Crippen LogP contribution in [-0.4, -0.2) is 25.4 Å². The van der Waals surface area contributed by atoms with Crippen molar-refractivity contribution < 1.29 is 9.90 Å². The summed E-state index contributed by atoms with van der Waals surface area (Å²) in [5, 5.41) is 9.25. The van der Waals surface area contributed by atoms with Crippen LogP contribution in [0.5, 0.6) is 0 Å². The van der Waals surface area contributed by atoms with Gasteiger partial charge in [-0.05, 0) is 40.2 Å². The molecule has 3 rings (SSSR count). The Morgan fingerprint density at radius 1 is 1.26 bits per heavy atom. The summed E-state index contributed by atoms with van der Waals surface area (Å²) >= 11 is 3.36. The lowest BCUT2D eigenvalue weighted by Crippen LogP contribution is -1.97. The largest absolute Gasteiger partial charge is 0.476 e. The molecule has 0 aromatic carbocycles. The molecule has 0 unspecified atom stereocenters. The van der Waals surface area contributed by atoms with E-state index in [9.17, 15) is 9.90 Å². The molecule has 0 atom stereocenters. The van der Waals surface area contributed by atoms with E-state index < -0.39 is 5.97 Å². The highest BCUT2D eigenvalue weighted by atomic mass is 79.9. The highest BCUT2D eigenvalue weighted by Crippen LogP contribution is 2.26. The van der Waals surface area contributed by atoms with Crippen molar-refractivity contribution in [2.75, 3.05) is 0 Å². The van der Waals surface area contributed by atoms with Crippen molar-refractivity contribution in [2.45, 2.75) is 0 Å². The van der Waals surface area contributed by atoms with Gasteiger partial charge in [0.05, 0.1) is 5.52 Å². The van der Waals surface area contributed by atoms with Gasteiger partial charge in [0, 0.05) is 16.9 Å². The Balaban J connectivity index is 2.39. The molecule has 0 amide bonds. The first-order valence-electron chi connectivity index (χ1n) is 5.50. The maximum atomic E-state index is 11.3. The third-order valence-electron chi connectivity index (χ3n) is 2.71. The number of carboxylic acids is 1. The Labute approximate surface area is 116 Å². The molecule has 19 heavy (non-hydrogen) atoms. The lowest BCUT2D eigenvalue weighted by atomic mass is 10.3. The first-order chi connectivity index (χ1) is 9.18. The fourth-order valence-electron chi connectivity index (χ4n) is 1.92. The van der Waals surface area contributed by atoms with Crippen LogP contribution >= 0.6 is 15.9 Å². The van der Waals surface area contributed by atoms with E-state index in [0.717, 1.165) is 0 Å². The maximum Gasteiger partial charge on any atom is 0.356 e. The summed E-state index contributed by atoms with van der Waals surface area (Å²) in [6.45, 7) is 0.